The van der Waals surface area contributed by atoms with Crippen LogP contribution >= 0.6 is 23.2 Å². The summed E-state index contributed by atoms with van der Waals surface area (Å²) in [4.78, 5) is 27.8. The Morgan fingerprint density at radius 3 is 2.00 bits per heavy atom. The van der Waals surface area contributed by atoms with E-state index in [0.717, 1.165) is 17.5 Å². The number of nitrogens with one attached hydrogen (secondary N) is 1. The maximum Gasteiger partial charge on any atom is 0.243 e. The van der Waals surface area contributed by atoms with Crippen LogP contribution in [-0.4, -0.2) is 28.8 Å². The van der Waals surface area contributed by atoms with E-state index < -0.39 is 6.04 Å². The fraction of sp³-hybridized carbons (Fsp3) is 0.391. The Kier molecular flexibility index (Phi) is 8.99. The first-order chi connectivity index (χ1) is 13.9. The molecule has 0 radical (unpaired) electrons. The molecule has 156 valence electrons. The van der Waals surface area contributed by atoms with Gasteiger partial charge in [0.2, 0.25) is 11.8 Å². The van der Waals surface area contributed by atoms with Gasteiger partial charge < -0.3 is 10.2 Å². The lowest BCUT2D eigenvalue weighted by Gasteiger charge is -2.32. The molecule has 2 aromatic carbocycles. The Balaban J connectivity index is 2.33. The molecule has 0 saturated heterocycles. The Labute approximate surface area is 183 Å². The zero-order valence-electron chi connectivity index (χ0n) is 17.1. The van der Waals surface area contributed by atoms with Gasteiger partial charge in [-0.25, -0.2) is 0 Å². The van der Waals surface area contributed by atoms with Crippen molar-refractivity contribution in [3.05, 3.63) is 69.7 Å². The average Bonchev–Trinajstić information content (AvgIpc) is 2.70. The number of amides is 2. The van der Waals surface area contributed by atoms with E-state index in [2.05, 4.69) is 5.32 Å². The van der Waals surface area contributed by atoms with E-state index in [-0.39, 0.29) is 30.8 Å². The van der Waals surface area contributed by atoms with Gasteiger partial charge in [0.25, 0.3) is 0 Å². The van der Waals surface area contributed by atoms with Crippen molar-refractivity contribution in [3.63, 3.8) is 0 Å². The third-order valence-corrected chi connectivity index (χ3v) is 5.72. The summed E-state index contributed by atoms with van der Waals surface area (Å²) in [5.74, 6) is -0.314. The zero-order valence-corrected chi connectivity index (χ0v) is 18.6. The van der Waals surface area contributed by atoms with Crippen molar-refractivity contribution in [1.29, 1.82) is 0 Å². The van der Waals surface area contributed by atoms with Crippen molar-refractivity contribution in [2.24, 2.45) is 0 Å². The number of rotatable bonds is 9. The molecule has 0 aliphatic heterocycles. The van der Waals surface area contributed by atoms with Crippen LogP contribution in [0.5, 0.6) is 0 Å². The summed E-state index contributed by atoms with van der Waals surface area (Å²) in [6.07, 6.45) is 1.44. The first kappa shape index (κ1) is 23.2. The molecule has 4 nitrogen and oxygen atoms in total. The molecule has 1 N–H and O–H groups in total. The Morgan fingerprint density at radius 1 is 0.931 bits per heavy atom. The van der Waals surface area contributed by atoms with Crippen molar-refractivity contribution >= 4 is 35.0 Å². The molecule has 6 heteroatoms. The molecule has 0 aliphatic carbocycles. The average molecular weight is 435 g/mol. The first-order valence-corrected chi connectivity index (χ1v) is 10.7. The van der Waals surface area contributed by atoms with E-state index in [1.165, 1.54) is 0 Å². The molecule has 0 saturated carbocycles. The van der Waals surface area contributed by atoms with Crippen molar-refractivity contribution in [3.8, 4) is 0 Å². The van der Waals surface area contributed by atoms with Gasteiger partial charge in [0, 0.05) is 22.6 Å². The largest absolute Gasteiger partial charge is 0.352 e. The highest BCUT2D eigenvalue weighted by Gasteiger charge is 2.29. The van der Waals surface area contributed by atoms with Crippen molar-refractivity contribution in [2.45, 2.75) is 58.7 Å². The van der Waals surface area contributed by atoms with Crippen LogP contribution in [0.15, 0.2) is 48.5 Å². The van der Waals surface area contributed by atoms with Crippen LogP contribution < -0.4 is 5.32 Å². The van der Waals surface area contributed by atoms with E-state index in [0.29, 0.717) is 16.5 Å². The zero-order chi connectivity index (χ0) is 21.4. The molecule has 0 bridgehead atoms. The summed E-state index contributed by atoms with van der Waals surface area (Å²) in [5, 5.41) is 4.11. The van der Waals surface area contributed by atoms with Crippen LogP contribution in [0, 0.1) is 0 Å². The van der Waals surface area contributed by atoms with Gasteiger partial charge in [0.1, 0.15) is 6.04 Å². The minimum Gasteiger partial charge on any atom is -0.352 e. The van der Waals surface area contributed by atoms with Gasteiger partial charge >= 0.3 is 0 Å². The predicted molar refractivity (Wildman–Crippen MR) is 119 cm³/mol. The normalized spacial score (nSPS) is 12.9. The van der Waals surface area contributed by atoms with E-state index in [1.54, 1.807) is 17.0 Å². The molecular formula is C23H28Cl2N2O2. The summed E-state index contributed by atoms with van der Waals surface area (Å²) >= 11 is 12.6. The summed E-state index contributed by atoms with van der Waals surface area (Å²) in [6.45, 7) is 6.13. The molecular weight excluding hydrogens is 407 g/mol. The molecule has 2 amide bonds. The number of carbonyl (C=O) groups is 2. The van der Waals surface area contributed by atoms with E-state index in [4.69, 9.17) is 23.2 Å². The molecule has 2 rings (SSSR count). The molecule has 29 heavy (non-hydrogen) atoms. The molecule has 0 heterocycles. The number of hydrogen-bond acceptors (Lipinski definition) is 2. The minimum atomic E-state index is -0.588. The second-order valence-electron chi connectivity index (χ2n) is 7.12. The smallest absolute Gasteiger partial charge is 0.243 e. The summed E-state index contributed by atoms with van der Waals surface area (Å²) in [7, 11) is 0. The number of carbonyl (C=O) groups excluding carboxylic acids is 2. The highest BCUT2D eigenvalue weighted by molar-refractivity contribution is 6.31. The van der Waals surface area contributed by atoms with Crippen LogP contribution in [0.3, 0.4) is 0 Å². The number of nitrogens with zero attached hydrogens (tertiary/aromatic N) is 1. The van der Waals surface area contributed by atoms with Crippen LogP contribution in [0.4, 0.5) is 0 Å². The fourth-order valence-electron chi connectivity index (χ4n) is 3.08. The molecule has 0 aromatic heterocycles. The molecule has 0 spiro atoms. The van der Waals surface area contributed by atoms with Gasteiger partial charge in [-0.05, 0) is 43.0 Å². The van der Waals surface area contributed by atoms with Gasteiger partial charge in [0.05, 0.1) is 6.42 Å². The quantitative estimate of drug-likeness (QED) is 0.584. The summed E-state index contributed by atoms with van der Waals surface area (Å²) < 4.78 is 0. The second-order valence-corrected chi connectivity index (χ2v) is 7.94. The van der Waals surface area contributed by atoms with Crippen molar-refractivity contribution in [2.75, 3.05) is 0 Å². The highest BCUT2D eigenvalue weighted by Crippen LogP contribution is 2.22. The van der Waals surface area contributed by atoms with E-state index in [9.17, 15) is 9.59 Å². The van der Waals surface area contributed by atoms with Gasteiger partial charge in [-0.15, -0.1) is 0 Å². The highest BCUT2D eigenvalue weighted by atomic mass is 35.5. The number of benzene rings is 2. The minimum absolute atomic E-state index is 0.0392. The molecule has 2 atom stereocenters. The maximum atomic E-state index is 13.3. The van der Waals surface area contributed by atoms with Gasteiger partial charge in [-0.1, -0.05) is 73.4 Å². The molecule has 0 aliphatic rings. The molecule has 0 unspecified atom stereocenters. The van der Waals surface area contributed by atoms with Crippen molar-refractivity contribution < 1.29 is 9.59 Å². The Bertz CT molecular complexity index is 841. The Morgan fingerprint density at radius 2 is 1.48 bits per heavy atom. The van der Waals surface area contributed by atoms with Crippen LogP contribution in [0.1, 0.15) is 44.7 Å². The second kappa shape index (κ2) is 11.2. The van der Waals surface area contributed by atoms with Crippen molar-refractivity contribution in [1.82, 2.24) is 10.2 Å². The topological polar surface area (TPSA) is 49.4 Å². The number of hydrogen-bond donors (Lipinski definition) is 1. The predicted octanol–water partition coefficient (Wildman–Crippen LogP) is 5.26. The molecule has 0 fully saturated rings. The fourth-order valence-corrected chi connectivity index (χ4v) is 3.48. The van der Waals surface area contributed by atoms with Crippen LogP contribution in [0.25, 0.3) is 0 Å². The van der Waals surface area contributed by atoms with Crippen LogP contribution in [-0.2, 0) is 22.6 Å². The number of halogens is 2. The van der Waals surface area contributed by atoms with Gasteiger partial charge in [-0.3, -0.25) is 9.59 Å². The third-order valence-electron chi connectivity index (χ3n) is 4.98. The lowest BCUT2D eigenvalue weighted by molar-refractivity contribution is -0.141. The van der Waals surface area contributed by atoms with E-state index >= 15 is 0 Å². The first-order valence-electron chi connectivity index (χ1n) is 9.94. The summed E-state index contributed by atoms with van der Waals surface area (Å²) in [6, 6.07) is 14.1. The third kappa shape index (κ3) is 6.48. The lowest BCUT2D eigenvalue weighted by Crippen LogP contribution is -2.51. The van der Waals surface area contributed by atoms with E-state index in [1.807, 2.05) is 57.2 Å². The SMILES string of the molecule is CC[C@@H](C)NC(=O)[C@H](CC)N(Cc1ccccc1Cl)C(=O)Cc1ccccc1Cl. The monoisotopic (exact) mass is 434 g/mol. The maximum absolute atomic E-state index is 13.3. The van der Waals surface area contributed by atoms with Gasteiger partial charge in [-0.2, -0.15) is 0 Å². The Hall–Kier alpha value is -2.04. The lowest BCUT2D eigenvalue weighted by atomic mass is 10.1. The standard InChI is InChI=1S/C23H28Cl2N2O2/c1-4-16(3)26-23(29)21(5-2)27(15-18-11-7-9-13-20(18)25)22(28)14-17-10-6-8-12-19(17)24/h6-13,16,21H,4-5,14-15H2,1-3H3,(H,26,29)/t16-,21+/m1/s1. The van der Waals surface area contributed by atoms with Crippen LogP contribution in [0.2, 0.25) is 10.0 Å². The van der Waals surface area contributed by atoms with Gasteiger partial charge in [0.15, 0.2) is 0 Å². The molecule has 2 aromatic rings. The summed E-state index contributed by atoms with van der Waals surface area (Å²) in [5.41, 5.74) is 1.54.